The Bertz CT molecular complexity index is 1260. The van der Waals surface area contributed by atoms with Gasteiger partial charge in [0.05, 0.1) is 11.4 Å². The summed E-state index contributed by atoms with van der Waals surface area (Å²) in [5, 5.41) is 5.19. The van der Waals surface area contributed by atoms with E-state index in [0.29, 0.717) is 17.9 Å². The van der Waals surface area contributed by atoms with Gasteiger partial charge in [0.15, 0.2) is 5.82 Å². The number of carbonyl (C=O) groups excluding carboxylic acids is 1. The van der Waals surface area contributed by atoms with E-state index in [0.717, 1.165) is 53.1 Å². The fourth-order valence-corrected chi connectivity index (χ4v) is 4.15. The zero-order chi connectivity index (χ0) is 21.4. The van der Waals surface area contributed by atoms with E-state index in [-0.39, 0.29) is 0 Å². The molecule has 0 bridgehead atoms. The molecule has 0 radical (unpaired) electrons. The monoisotopic (exact) mass is 412 g/mol. The second kappa shape index (κ2) is 7.85. The van der Waals surface area contributed by atoms with Crippen molar-refractivity contribution in [2.24, 2.45) is 5.73 Å². The van der Waals surface area contributed by atoms with Gasteiger partial charge in [0, 0.05) is 54.2 Å². The third-order valence-corrected chi connectivity index (χ3v) is 5.78. The molecule has 0 aliphatic carbocycles. The van der Waals surface area contributed by atoms with E-state index in [2.05, 4.69) is 34.4 Å². The van der Waals surface area contributed by atoms with Crippen LogP contribution in [0, 0.1) is 0 Å². The predicted molar refractivity (Wildman–Crippen MR) is 122 cm³/mol. The quantitative estimate of drug-likeness (QED) is 0.467. The van der Waals surface area contributed by atoms with Gasteiger partial charge in [0.1, 0.15) is 5.82 Å². The van der Waals surface area contributed by atoms with Crippen LogP contribution in [0.5, 0.6) is 0 Å². The Kier molecular flexibility index (Phi) is 4.88. The first-order valence-corrected chi connectivity index (χ1v) is 10.4. The average Bonchev–Trinajstić information content (AvgIpc) is 3.22. The van der Waals surface area contributed by atoms with Crippen LogP contribution in [0.15, 0.2) is 54.7 Å². The predicted octanol–water partition coefficient (Wildman–Crippen LogP) is 3.32. The highest BCUT2D eigenvalue weighted by Gasteiger charge is 2.22. The van der Waals surface area contributed by atoms with Crippen LogP contribution in [0.2, 0.25) is 0 Å². The van der Waals surface area contributed by atoms with E-state index >= 15 is 0 Å². The standard InChI is InChI=1S/C24H24N6O/c1-30-11-10-20-19(14-30)23(27-12-15-6-3-2-4-7-15)29-24(28-20)21-16-8-5-9-17(22(25)31)18(16)13-26-21/h2-9,13,26H,10-12,14H2,1H3,(H2,25,31)(H,27,28,29). The number of nitrogens with two attached hydrogens (primary N) is 1. The summed E-state index contributed by atoms with van der Waals surface area (Å²) in [5.74, 6) is 1.02. The number of aromatic amines is 1. The summed E-state index contributed by atoms with van der Waals surface area (Å²) in [5.41, 5.74) is 10.2. The van der Waals surface area contributed by atoms with Crippen LogP contribution in [-0.4, -0.2) is 39.4 Å². The maximum absolute atomic E-state index is 11.8. The Labute approximate surface area is 180 Å². The molecule has 4 aromatic rings. The van der Waals surface area contributed by atoms with Crippen molar-refractivity contribution in [1.29, 1.82) is 0 Å². The van der Waals surface area contributed by atoms with Gasteiger partial charge in [-0.3, -0.25) is 4.79 Å². The fraction of sp³-hybridized carbons (Fsp3) is 0.208. The third kappa shape index (κ3) is 3.64. The molecule has 0 saturated heterocycles. The maximum Gasteiger partial charge on any atom is 0.249 e. The molecule has 3 heterocycles. The number of rotatable bonds is 5. The lowest BCUT2D eigenvalue weighted by Crippen LogP contribution is -2.29. The van der Waals surface area contributed by atoms with Crippen LogP contribution in [-0.2, 0) is 19.5 Å². The van der Waals surface area contributed by atoms with Gasteiger partial charge in [0.2, 0.25) is 5.91 Å². The number of amides is 1. The van der Waals surface area contributed by atoms with Crippen molar-refractivity contribution in [3.05, 3.63) is 77.1 Å². The molecule has 2 aromatic heterocycles. The number of fused-ring (bicyclic) bond motifs is 2. The number of hydrogen-bond acceptors (Lipinski definition) is 5. The van der Waals surface area contributed by atoms with Crippen molar-refractivity contribution in [2.75, 3.05) is 18.9 Å². The molecule has 1 amide bonds. The average molecular weight is 412 g/mol. The molecule has 7 nitrogen and oxygen atoms in total. The normalized spacial score (nSPS) is 13.8. The lowest BCUT2D eigenvalue weighted by atomic mass is 10.0. The van der Waals surface area contributed by atoms with Crippen LogP contribution in [0.25, 0.3) is 22.3 Å². The molecular formula is C24H24N6O. The maximum atomic E-state index is 11.8. The summed E-state index contributed by atoms with van der Waals surface area (Å²) in [4.78, 5) is 27.2. The summed E-state index contributed by atoms with van der Waals surface area (Å²) >= 11 is 0. The van der Waals surface area contributed by atoms with Crippen molar-refractivity contribution in [1.82, 2.24) is 19.9 Å². The molecule has 2 aromatic carbocycles. The first-order valence-electron chi connectivity index (χ1n) is 10.4. The smallest absolute Gasteiger partial charge is 0.249 e. The highest BCUT2D eigenvalue weighted by atomic mass is 16.1. The number of H-pyrrole nitrogens is 1. The number of nitrogens with one attached hydrogen (secondary N) is 2. The number of anilines is 1. The molecule has 1 aliphatic rings. The first kappa shape index (κ1) is 19.3. The largest absolute Gasteiger partial charge is 0.366 e. The summed E-state index contributed by atoms with van der Waals surface area (Å²) < 4.78 is 0. The topological polar surface area (TPSA) is 99.9 Å². The van der Waals surface area contributed by atoms with Crippen LogP contribution < -0.4 is 11.1 Å². The van der Waals surface area contributed by atoms with Crippen molar-refractivity contribution < 1.29 is 4.79 Å². The van der Waals surface area contributed by atoms with Crippen LogP contribution in [0.3, 0.4) is 0 Å². The van der Waals surface area contributed by atoms with E-state index in [9.17, 15) is 4.79 Å². The molecule has 31 heavy (non-hydrogen) atoms. The molecule has 1 aliphatic heterocycles. The molecule has 0 saturated carbocycles. The van der Waals surface area contributed by atoms with Crippen LogP contribution >= 0.6 is 0 Å². The van der Waals surface area contributed by atoms with Gasteiger partial charge in [-0.2, -0.15) is 0 Å². The molecule has 7 heteroatoms. The Morgan fingerprint density at radius 3 is 2.77 bits per heavy atom. The molecular weight excluding hydrogens is 388 g/mol. The van der Waals surface area contributed by atoms with Crippen LogP contribution in [0.1, 0.15) is 27.2 Å². The first-order chi connectivity index (χ1) is 15.1. The van der Waals surface area contributed by atoms with Gasteiger partial charge in [-0.05, 0) is 18.7 Å². The van der Waals surface area contributed by atoms with Gasteiger partial charge in [-0.15, -0.1) is 0 Å². The van der Waals surface area contributed by atoms with E-state index < -0.39 is 5.91 Å². The number of nitrogens with zero attached hydrogens (tertiary/aromatic N) is 3. The molecule has 0 spiro atoms. The molecule has 5 rings (SSSR count). The van der Waals surface area contributed by atoms with Crippen molar-refractivity contribution in [3.63, 3.8) is 0 Å². The summed E-state index contributed by atoms with van der Waals surface area (Å²) in [7, 11) is 2.11. The zero-order valence-electron chi connectivity index (χ0n) is 17.4. The lowest BCUT2D eigenvalue weighted by Gasteiger charge is -2.26. The van der Waals surface area contributed by atoms with E-state index in [1.807, 2.05) is 30.3 Å². The Balaban J connectivity index is 1.59. The van der Waals surface area contributed by atoms with Crippen molar-refractivity contribution in [2.45, 2.75) is 19.5 Å². The second-order valence-corrected chi connectivity index (χ2v) is 7.94. The molecule has 4 N–H and O–H groups in total. The van der Waals surface area contributed by atoms with E-state index in [4.69, 9.17) is 15.7 Å². The van der Waals surface area contributed by atoms with Crippen molar-refractivity contribution in [3.8, 4) is 11.5 Å². The summed E-state index contributed by atoms with van der Waals surface area (Å²) in [6.07, 6.45) is 2.67. The van der Waals surface area contributed by atoms with Crippen LogP contribution in [0.4, 0.5) is 5.82 Å². The van der Waals surface area contributed by atoms with Gasteiger partial charge in [-0.1, -0.05) is 42.5 Å². The minimum Gasteiger partial charge on any atom is -0.366 e. The Morgan fingerprint density at radius 2 is 1.97 bits per heavy atom. The van der Waals surface area contributed by atoms with Gasteiger partial charge < -0.3 is 20.9 Å². The van der Waals surface area contributed by atoms with E-state index in [1.54, 1.807) is 12.3 Å². The zero-order valence-corrected chi connectivity index (χ0v) is 17.4. The minimum absolute atomic E-state index is 0.448. The lowest BCUT2D eigenvalue weighted by molar-refractivity contribution is 0.100. The SMILES string of the molecule is CN1CCc2nc(-c3[nH]cc4c(C(N)=O)cccc34)nc(NCc3ccccc3)c2C1. The summed E-state index contributed by atoms with van der Waals surface area (Å²) in [6.45, 7) is 2.45. The van der Waals surface area contributed by atoms with E-state index in [1.165, 1.54) is 5.56 Å². The number of carbonyl (C=O) groups is 1. The van der Waals surface area contributed by atoms with Gasteiger partial charge in [-0.25, -0.2) is 9.97 Å². The number of aromatic nitrogens is 3. The molecule has 0 atom stereocenters. The summed E-state index contributed by atoms with van der Waals surface area (Å²) in [6, 6.07) is 15.8. The Hall–Kier alpha value is -3.71. The number of likely N-dealkylation sites (N-methyl/N-ethyl adjacent to an activating group) is 1. The molecule has 0 unspecified atom stereocenters. The highest BCUT2D eigenvalue weighted by Crippen LogP contribution is 2.31. The molecule has 156 valence electrons. The third-order valence-electron chi connectivity index (χ3n) is 5.78. The van der Waals surface area contributed by atoms with Crippen molar-refractivity contribution >= 4 is 22.5 Å². The highest BCUT2D eigenvalue weighted by molar-refractivity contribution is 6.09. The second-order valence-electron chi connectivity index (χ2n) is 7.94. The number of benzene rings is 2. The van der Waals surface area contributed by atoms with Gasteiger partial charge >= 0.3 is 0 Å². The number of hydrogen-bond donors (Lipinski definition) is 3. The Morgan fingerprint density at radius 1 is 1.13 bits per heavy atom. The number of primary amides is 1. The van der Waals surface area contributed by atoms with Gasteiger partial charge in [0.25, 0.3) is 0 Å². The minimum atomic E-state index is -0.448. The molecule has 0 fully saturated rings. The fourth-order valence-electron chi connectivity index (χ4n) is 4.15.